The van der Waals surface area contributed by atoms with Crippen molar-refractivity contribution < 1.29 is 4.74 Å². The maximum atomic E-state index is 5.75. The summed E-state index contributed by atoms with van der Waals surface area (Å²) in [5, 5.41) is 3.53. The van der Waals surface area contributed by atoms with Gasteiger partial charge in [0.2, 0.25) is 0 Å². The van der Waals surface area contributed by atoms with E-state index in [4.69, 9.17) is 10.5 Å². The van der Waals surface area contributed by atoms with Crippen molar-refractivity contribution in [2.24, 2.45) is 5.41 Å². The van der Waals surface area contributed by atoms with Crippen LogP contribution in [0.4, 0.5) is 5.69 Å². The number of nitrogens with one attached hydrogen (secondary N) is 1. The van der Waals surface area contributed by atoms with E-state index in [1.54, 1.807) is 0 Å². The molecule has 0 spiro atoms. The van der Waals surface area contributed by atoms with Crippen LogP contribution in [-0.4, -0.2) is 19.8 Å². The lowest BCUT2D eigenvalue weighted by Gasteiger charge is -2.33. The van der Waals surface area contributed by atoms with Crippen molar-refractivity contribution in [2.45, 2.75) is 26.3 Å². The standard InChI is InChI=1S/C14H22N2O/c1-14(5-7-17-8-6-14)11-16-10-12-3-2-4-13(15)9-12/h2-4,9,16H,5-8,10-11,15H2,1H3. The highest BCUT2D eigenvalue weighted by atomic mass is 16.5. The number of hydrogen-bond donors (Lipinski definition) is 2. The number of nitrogen functional groups attached to an aromatic ring is 1. The molecule has 2 rings (SSSR count). The Kier molecular flexibility index (Phi) is 4.02. The zero-order valence-electron chi connectivity index (χ0n) is 10.5. The van der Waals surface area contributed by atoms with E-state index in [9.17, 15) is 0 Å². The van der Waals surface area contributed by atoms with Gasteiger partial charge in [-0.3, -0.25) is 0 Å². The van der Waals surface area contributed by atoms with Crippen molar-refractivity contribution in [3.8, 4) is 0 Å². The Balaban J connectivity index is 1.79. The summed E-state index contributed by atoms with van der Waals surface area (Å²) in [4.78, 5) is 0. The molecule has 94 valence electrons. The first-order valence-electron chi connectivity index (χ1n) is 6.31. The maximum Gasteiger partial charge on any atom is 0.0471 e. The van der Waals surface area contributed by atoms with Crippen LogP contribution in [0.1, 0.15) is 25.3 Å². The third-order valence-electron chi connectivity index (χ3n) is 3.53. The van der Waals surface area contributed by atoms with E-state index >= 15 is 0 Å². The van der Waals surface area contributed by atoms with Gasteiger partial charge in [0.15, 0.2) is 0 Å². The highest BCUT2D eigenvalue weighted by Crippen LogP contribution is 2.28. The molecular formula is C14H22N2O. The molecule has 17 heavy (non-hydrogen) atoms. The molecule has 3 heteroatoms. The van der Waals surface area contributed by atoms with Crippen molar-refractivity contribution >= 4 is 5.69 Å². The number of rotatable bonds is 4. The third-order valence-corrected chi connectivity index (χ3v) is 3.53. The summed E-state index contributed by atoms with van der Waals surface area (Å²) in [6, 6.07) is 8.06. The zero-order valence-corrected chi connectivity index (χ0v) is 10.5. The van der Waals surface area contributed by atoms with E-state index in [1.807, 2.05) is 18.2 Å². The van der Waals surface area contributed by atoms with Gasteiger partial charge < -0.3 is 15.8 Å². The van der Waals surface area contributed by atoms with Crippen LogP contribution in [0, 0.1) is 5.41 Å². The second-order valence-electron chi connectivity index (χ2n) is 5.27. The van der Waals surface area contributed by atoms with Gasteiger partial charge in [0, 0.05) is 32.0 Å². The number of hydrogen-bond acceptors (Lipinski definition) is 3. The number of ether oxygens (including phenoxy) is 1. The summed E-state index contributed by atoms with van der Waals surface area (Å²) in [6.07, 6.45) is 2.30. The Morgan fingerprint density at radius 2 is 2.12 bits per heavy atom. The fourth-order valence-electron chi connectivity index (χ4n) is 2.25. The summed E-state index contributed by atoms with van der Waals surface area (Å²) in [5.74, 6) is 0. The highest BCUT2D eigenvalue weighted by Gasteiger charge is 2.26. The highest BCUT2D eigenvalue weighted by molar-refractivity contribution is 5.40. The Labute approximate surface area is 103 Å². The summed E-state index contributed by atoms with van der Waals surface area (Å²) in [6.45, 7) is 6.07. The molecule has 0 saturated carbocycles. The van der Waals surface area contributed by atoms with Crippen LogP contribution in [0.15, 0.2) is 24.3 Å². The predicted molar refractivity (Wildman–Crippen MR) is 70.7 cm³/mol. The van der Waals surface area contributed by atoms with Crippen molar-refractivity contribution in [2.75, 3.05) is 25.5 Å². The van der Waals surface area contributed by atoms with Gasteiger partial charge >= 0.3 is 0 Å². The Morgan fingerprint density at radius 3 is 2.82 bits per heavy atom. The average molecular weight is 234 g/mol. The zero-order chi connectivity index (χ0) is 12.1. The molecule has 0 radical (unpaired) electrons. The smallest absolute Gasteiger partial charge is 0.0471 e. The molecule has 0 bridgehead atoms. The molecule has 1 aromatic carbocycles. The lowest BCUT2D eigenvalue weighted by Crippen LogP contribution is -2.36. The molecule has 1 aliphatic heterocycles. The quantitative estimate of drug-likeness (QED) is 0.785. The van der Waals surface area contributed by atoms with E-state index in [1.165, 1.54) is 5.56 Å². The average Bonchev–Trinajstić information content (AvgIpc) is 2.30. The molecule has 0 unspecified atom stereocenters. The van der Waals surface area contributed by atoms with Gasteiger partial charge in [-0.1, -0.05) is 19.1 Å². The second-order valence-corrected chi connectivity index (χ2v) is 5.27. The predicted octanol–water partition coefficient (Wildman–Crippen LogP) is 2.18. The second kappa shape index (κ2) is 5.52. The van der Waals surface area contributed by atoms with Gasteiger partial charge in [-0.05, 0) is 36.0 Å². The van der Waals surface area contributed by atoms with E-state index < -0.39 is 0 Å². The Morgan fingerprint density at radius 1 is 1.35 bits per heavy atom. The van der Waals surface area contributed by atoms with Crippen molar-refractivity contribution in [3.05, 3.63) is 29.8 Å². The summed E-state index contributed by atoms with van der Waals surface area (Å²) < 4.78 is 5.40. The van der Waals surface area contributed by atoms with Gasteiger partial charge in [0.05, 0.1) is 0 Å². The first-order valence-corrected chi connectivity index (χ1v) is 6.31. The van der Waals surface area contributed by atoms with Gasteiger partial charge in [0.25, 0.3) is 0 Å². The molecule has 1 aliphatic rings. The number of anilines is 1. The van der Waals surface area contributed by atoms with Gasteiger partial charge in [0.1, 0.15) is 0 Å². The fourth-order valence-corrected chi connectivity index (χ4v) is 2.25. The molecule has 3 nitrogen and oxygen atoms in total. The van der Waals surface area contributed by atoms with Gasteiger partial charge in [-0.15, -0.1) is 0 Å². The molecule has 0 amide bonds. The number of nitrogens with two attached hydrogens (primary N) is 1. The largest absolute Gasteiger partial charge is 0.399 e. The third kappa shape index (κ3) is 3.72. The van der Waals surface area contributed by atoms with E-state index in [0.717, 1.165) is 44.8 Å². The monoisotopic (exact) mass is 234 g/mol. The normalized spacial score (nSPS) is 19.1. The van der Waals surface area contributed by atoms with Crippen LogP contribution < -0.4 is 11.1 Å². The molecule has 1 heterocycles. The molecule has 1 aromatic rings. The molecule has 1 saturated heterocycles. The van der Waals surface area contributed by atoms with Gasteiger partial charge in [-0.25, -0.2) is 0 Å². The molecular weight excluding hydrogens is 212 g/mol. The molecule has 0 atom stereocenters. The molecule has 1 fully saturated rings. The minimum Gasteiger partial charge on any atom is -0.399 e. The van der Waals surface area contributed by atoms with Crippen LogP contribution in [-0.2, 0) is 11.3 Å². The minimum absolute atomic E-state index is 0.387. The summed E-state index contributed by atoms with van der Waals surface area (Å²) >= 11 is 0. The molecule has 0 aliphatic carbocycles. The van der Waals surface area contributed by atoms with Crippen LogP contribution in [0.5, 0.6) is 0 Å². The molecule has 3 N–H and O–H groups in total. The lowest BCUT2D eigenvalue weighted by molar-refractivity contribution is 0.0240. The van der Waals surface area contributed by atoms with Crippen LogP contribution >= 0.6 is 0 Å². The Bertz CT molecular complexity index is 359. The SMILES string of the molecule is CC1(CNCc2cccc(N)c2)CCOCC1. The van der Waals surface area contributed by atoms with Crippen LogP contribution in [0.2, 0.25) is 0 Å². The molecule has 0 aromatic heterocycles. The minimum atomic E-state index is 0.387. The first-order chi connectivity index (χ1) is 8.18. The Hall–Kier alpha value is -1.06. The van der Waals surface area contributed by atoms with Crippen molar-refractivity contribution in [1.29, 1.82) is 0 Å². The van der Waals surface area contributed by atoms with Crippen LogP contribution in [0.3, 0.4) is 0 Å². The van der Waals surface area contributed by atoms with Gasteiger partial charge in [-0.2, -0.15) is 0 Å². The van der Waals surface area contributed by atoms with E-state index in [0.29, 0.717) is 5.41 Å². The summed E-state index contributed by atoms with van der Waals surface area (Å²) in [7, 11) is 0. The van der Waals surface area contributed by atoms with Crippen molar-refractivity contribution in [3.63, 3.8) is 0 Å². The lowest BCUT2D eigenvalue weighted by atomic mass is 9.82. The fraction of sp³-hybridized carbons (Fsp3) is 0.571. The number of benzene rings is 1. The van der Waals surface area contributed by atoms with Crippen LogP contribution in [0.25, 0.3) is 0 Å². The first kappa shape index (κ1) is 12.4. The van der Waals surface area contributed by atoms with Crippen molar-refractivity contribution in [1.82, 2.24) is 5.32 Å². The topological polar surface area (TPSA) is 47.3 Å². The summed E-state index contributed by atoms with van der Waals surface area (Å²) in [5.41, 5.74) is 8.23. The van der Waals surface area contributed by atoms with E-state index in [2.05, 4.69) is 18.3 Å². The maximum absolute atomic E-state index is 5.75. The van der Waals surface area contributed by atoms with E-state index in [-0.39, 0.29) is 0 Å².